The summed E-state index contributed by atoms with van der Waals surface area (Å²) in [6.45, 7) is 2.01. The van der Waals surface area contributed by atoms with E-state index >= 15 is 0 Å². The van der Waals surface area contributed by atoms with Crippen LogP contribution in [0.5, 0.6) is 0 Å². The molecule has 0 spiro atoms. The fraction of sp³-hybridized carbons (Fsp3) is 0.923. The van der Waals surface area contributed by atoms with Crippen molar-refractivity contribution >= 4 is 16.8 Å². The molecule has 5 heteroatoms. The maximum Gasteiger partial charge on any atom is 0.191 e. The molecule has 0 radical (unpaired) electrons. The molecule has 0 aliphatic heterocycles. The van der Waals surface area contributed by atoms with Crippen molar-refractivity contribution in [3.8, 4) is 0 Å². The molecule has 2 N–H and O–H groups in total. The number of nitrogens with zero attached hydrogens (tertiary/aromatic N) is 1. The molecule has 0 aromatic carbocycles. The maximum atomic E-state index is 11.9. The van der Waals surface area contributed by atoms with Gasteiger partial charge in [0.15, 0.2) is 5.96 Å². The van der Waals surface area contributed by atoms with Crippen molar-refractivity contribution in [2.45, 2.75) is 62.8 Å². The topological polar surface area (TPSA) is 53.5 Å². The Kier molecular flexibility index (Phi) is 5.03. The highest BCUT2D eigenvalue weighted by molar-refractivity contribution is 7.85. The zero-order valence-corrected chi connectivity index (χ0v) is 12.3. The molecule has 0 amide bonds. The van der Waals surface area contributed by atoms with Gasteiger partial charge in [-0.15, -0.1) is 0 Å². The molecule has 2 fully saturated rings. The summed E-state index contributed by atoms with van der Waals surface area (Å²) in [6, 6.07) is 1.06. The van der Waals surface area contributed by atoms with Crippen LogP contribution in [0.15, 0.2) is 4.99 Å². The van der Waals surface area contributed by atoms with E-state index in [2.05, 4.69) is 15.6 Å². The smallest absolute Gasteiger partial charge is 0.191 e. The van der Waals surface area contributed by atoms with Crippen LogP contribution in [0.2, 0.25) is 0 Å². The van der Waals surface area contributed by atoms with Crippen LogP contribution in [-0.2, 0) is 10.8 Å². The first-order chi connectivity index (χ1) is 8.72. The normalized spacial score (nSPS) is 30.9. The van der Waals surface area contributed by atoms with Crippen molar-refractivity contribution in [1.82, 2.24) is 10.6 Å². The van der Waals surface area contributed by atoms with Gasteiger partial charge < -0.3 is 10.6 Å². The fourth-order valence-electron chi connectivity index (χ4n) is 2.54. The standard InChI is InChI=1S/C13H25N3OS/c1-3-18(17)12-6-4-5-11(9-12)16-13(14-2)15-10-7-8-10/h10-12H,3-9H2,1-2H3,(H2,14,15,16). The minimum Gasteiger partial charge on any atom is -0.354 e. The average Bonchev–Trinajstić information content (AvgIpc) is 3.21. The van der Waals surface area contributed by atoms with Crippen LogP contribution >= 0.6 is 0 Å². The first kappa shape index (κ1) is 13.8. The predicted molar refractivity (Wildman–Crippen MR) is 77.4 cm³/mol. The molecule has 0 aromatic rings. The van der Waals surface area contributed by atoms with Gasteiger partial charge in [-0.05, 0) is 32.1 Å². The molecule has 2 aliphatic rings. The van der Waals surface area contributed by atoms with E-state index in [1.807, 2.05) is 14.0 Å². The summed E-state index contributed by atoms with van der Waals surface area (Å²) in [4.78, 5) is 4.27. The Morgan fingerprint density at radius 1 is 1.22 bits per heavy atom. The number of nitrogens with one attached hydrogen (secondary N) is 2. The highest BCUT2D eigenvalue weighted by Crippen LogP contribution is 2.23. The maximum absolute atomic E-state index is 11.9. The zero-order chi connectivity index (χ0) is 13.0. The SMILES string of the molecule is CCS(=O)C1CCCC(NC(=NC)NC2CC2)C1. The van der Waals surface area contributed by atoms with E-state index in [0.29, 0.717) is 17.3 Å². The van der Waals surface area contributed by atoms with Gasteiger partial charge in [-0.3, -0.25) is 9.20 Å². The second-order valence-electron chi connectivity index (χ2n) is 5.29. The third-order valence-electron chi connectivity index (χ3n) is 3.77. The summed E-state index contributed by atoms with van der Waals surface area (Å²) >= 11 is 0. The van der Waals surface area contributed by atoms with Gasteiger partial charge in [-0.1, -0.05) is 13.3 Å². The van der Waals surface area contributed by atoms with Gasteiger partial charge >= 0.3 is 0 Å². The summed E-state index contributed by atoms with van der Waals surface area (Å²) in [5, 5.41) is 7.27. The molecule has 4 nitrogen and oxygen atoms in total. The third kappa shape index (κ3) is 3.97. The van der Waals surface area contributed by atoms with Crippen LogP contribution in [0.25, 0.3) is 0 Å². The number of rotatable bonds is 4. The molecular formula is C13H25N3OS. The summed E-state index contributed by atoms with van der Waals surface area (Å²) in [6.07, 6.45) is 7.00. The van der Waals surface area contributed by atoms with Crippen LogP contribution in [0.4, 0.5) is 0 Å². The molecule has 0 bridgehead atoms. The van der Waals surface area contributed by atoms with Crippen LogP contribution in [0.1, 0.15) is 45.4 Å². The van der Waals surface area contributed by atoms with Crippen LogP contribution < -0.4 is 10.6 Å². The lowest BCUT2D eigenvalue weighted by Gasteiger charge is -2.30. The molecule has 2 aliphatic carbocycles. The van der Waals surface area contributed by atoms with Gasteiger partial charge in [-0.2, -0.15) is 0 Å². The molecule has 3 unspecified atom stereocenters. The lowest BCUT2D eigenvalue weighted by molar-refractivity contribution is 0.413. The molecule has 2 rings (SSSR count). The van der Waals surface area contributed by atoms with Gasteiger partial charge in [0.2, 0.25) is 0 Å². The van der Waals surface area contributed by atoms with E-state index < -0.39 is 10.8 Å². The Labute approximate surface area is 112 Å². The minimum atomic E-state index is -0.650. The minimum absolute atomic E-state index is 0.375. The Balaban J connectivity index is 1.82. The molecule has 18 heavy (non-hydrogen) atoms. The second-order valence-corrected chi connectivity index (χ2v) is 7.30. The Bertz CT molecular complexity index is 328. The average molecular weight is 271 g/mol. The van der Waals surface area contributed by atoms with Gasteiger partial charge in [0.05, 0.1) is 0 Å². The fourth-order valence-corrected chi connectivity index (χ4v) is 3.88. The van der Waals surface area contributed by atoms with E-state index in [-0.39, 0.29) is 0 Å². The zero-order valence-electron chi connectivity index (χ0n) is 11.4. The Morgan fingerprint density at radius 2 is 1.94 bits per heavy atom. The van der Waals surface area contributed by atoms with Crippen molar-refractivity contribution in [1.29, 1.82) is 0 Å². The quantitative estimate of drug-likeness (QED) is 0.600. The van der Waals surface area contributed by atoms with Crippen LogP contribution in [0, 0.1) is 0 Å². The highest BCUT2D eigenvalue weighted by atomic mass is 32.2. The monoisotopic (exact) mass is 271 g/mol. The lowest BCUT2D eigenvalue weighted by atomic mass is 9.95. The van der Waals surface area contributed by atoms with Crippen LogP contribution in [-0.4, -0.2) is 40.3 Å². The number of aliphatic imine (C=N–C) groups is 1. The molecule has 0 aromatic heterocycles. The van der Waals surface area contributed by atoms with E-state index in [1.54, 1.807) is 0 Å². The van der Waals surface area contributed by atoms with E-state index in [4.69, 9.17) is 0 Å². The van der Waals surface area contributed by atoms with Crippen molar-refractivity contribution in [2.24, 2.45) is 4.99 Å². The summed E-state index contributed by atoms with van der Waals surface area (Å²) in [5.74, 6) is 1.71. The molecule has 0 saturated heterocycles. The summed E-state index contributed by atoms with van der Waals surface area (Å²) < 4.78 is 11.9. The Hall–Kier alpha value is -0.580. The first-order valence-corrected chi connectivity index (χ1v) is 8.48. The second kappa shape index (κ2) is 6.55. The van der Waals surface area contributed by atoms with Crippen molar-refractivity contribution in [2.75, 3.05) is 12.8 Å². The van der Waals surface area contributed by atoms with Crippen molar-refractivity contribution in [3.05, 3.63) is 0 Å². The van der Waals surface area contributed by atoms with E-state index in [0.717, 1.165) is 24.6 Å². The largest absolute Gasteiger partial charge is 0.354 e. The van der Waals surface area contributed by atoms with Crippen molar-refractivity contribution in [3.63, 3.8) is 0 Å². The summed E-state index contributed by atoms with van der Waals surface area (Å²) in [7, 11) is 1.17. The molecule has 2 saturated carbocycles. The molecule has 3 atom stereocenters. The number of hydrogen-bond acceptors (Lipinski definition) is 2. The van der Waals surface area contributed by atoms with Gasteiger partial charge in [0, 0.05) is 40.9 Å². The number of guanidine groups is 1. The van der Waals surface area contributed by atoms with E-state index in [1.165, 1.54) is 25.7 Å². The van der Waals surface area contributed by atoms with Crippen LogP contribution in [0.3, 0.4) is 0 Å². The predicted octanol–water partition coefficient (Wildman–Crippen LogP) is 1.39. The molecule has 104 valence electrons. The molecular weight excluding hydrogens is 246 g/mol. The number of hydrogen-bond donors (Lipinski definition) is 2. The highest BCUT2D eigenvalue weighted by Gasteiger charge is 2.27. The summed E-state index contributed by atoms with van der Waals surface area (Å²) in [5.41, 5.74) is 0. The van der Waals surface area contributed by atoms with E-state index in [9.17, 15) is 4.21 Å². The third-order valence-corrected chi connectivity index (χ3v) is 5.51. The van der Waals surface area contributed by atoms with Crippen molar-refractivity contribution < 1.29 is 4.21 Å². The Morgan fingerprint density at radius 3 is 2.56 bits per heavy atom. The van der Waals surface area contributed by atoms with Gasteiger partial charge in [-0.25, -0.2) is 0 Å². The molecule has 0 heterocycles. The lowest BCUT2D eigenvalue weighted by Crippen LogP contribution is -2.47. The first-order valence-electron chi connectivity index (χ1n) is 7.10. The van der Waals surface area contributed by atoms with Gasteiger partial charge in [0.1, 0.15) is 0 Å². The van der Waals surface area contributed by atoms with Gasteiger partial charge in [0.25, 0.3) is 0 Å².